The van der Waals surface area contributed by atoms with E-state index in [0.717, 1.165) is 24.2 Å². The first-order valence-electron chi connectivity index (χ1n) is 7.67. The predicted molar refractivity (Wildman–Crippen MR) is 89.1 cm³/mol. The molecule has 0 unspecified atom stereocenters. The van der Waals surface area contributed by atoms with E-state index in [0.29, 0.717) is 23.0 Å². The molecule has 6 heteroatoms. The molecule has 23 heavy (non-hydrogen) atoms. The molecular weight excluding hydrogens is 314 g/mol. The molecule has 1 aromatic carbocycles. The van der Waals surface area contributed by atoms with E-state index in [1.807, 2.05) is 0 Å². The SMILES string of the molecule is COc1cc2c(cc1CNC(=O)c1c(Cl)c(C)nn1C)CCC2. The van der Waals surface area contributed by atoms with Crippen LogP contribution in [0, 0.1) is 6.92 Å². The molecule has 1 amide bonds. The maximum absolute atomic E-state index is 12.4. The van der Waals surface area contributed by atoms with Crippen LogP contribution in [0.15, 0.2) is 12.1 Å². The largest absolute Gasteiger partial charge is 0.496 e. The first-order chi connectivity index (χ1) is 11.0. The monoisotopic (exact) mass is 333 g/mol. The molecule has 122 valence electrons. The Balaban J connectivity index is 1.79. The van der Waals surface area contributed by atoms with Gasteiger partial charge in [0, 0.05) is 19.2 Å². The van der Waals surface area contributed by atoms with Gasteiger partial charge in [-0.05, 0) is 43.4 Å². The number of methoxy groups -OCH3 is 1. The molecule has 1 N–H and O–H groups in total. The Labute approximate surface area is 140 Å². The van der Waals surface area contributed by atoms with Gasteiger partial charge in [0.1, 0.15) is 11.4 Å². The molecule has 0 saturated heterocycles. The topological polar surface area (TPSA) is 56.1 Å². The van der Waals surface area contributed by atoms with Crippen LogP contribution in [-0.4, -0.2) is 22.8 Å². The maximum Gasteiger partial charge on any atom is 0.271 e. The maximum atomic E-state index is 12.4. The summed E-state index contributed by atoms with van der Waals surface area (Å²) in [6.45, 7) is 2.18. The van der Waals surface area contributed by atoms with Crippen molar-refractivity contribution in [2.24, 2.45) is 7.05 Å². The van der Waals surface area contributed by atoms with Crippen LogP contribution >= 0.6 is 11.6 Å². The van der Waals surface area contributed by atoms with E-state index in [9.17, 15) is 4.79 Å². The second-order valence-electron chi connectivity index (χ2n) is 5.84. The van der Waals surface area contributed by atoms with Crippen LogP contribution in [0.1, 0.15) is 39.3 Å². The van der Waals surface area contributed by atoms with E-state index >= 15 is 0 Å². The molecule has 1 aliphatic rings. The highest BCUT2D eigenvalue weighted by Gasteiger charge is 2.20. The lowest BCUT2D eigenvalue weighted by atomic mass is 10.0. The first kappa shape index (κ1) is 15.9. The Morgan fingerprint density at radius 1 is 1.39 bits per heavy atom. The number of aryl methyl sites for hydroxylation is 4. The molecule has 0 radical (unpaired) electrons. The smallest absolute Gasteiger partial charge is 0.271 e. The Hall–Kier alpha value is -2.01. The van der Waals surface area contributed by atoms with Gasteiger partial charge in [0.25, 0.3) is 5.91 Å². The highest BCUT2D eigenvalue weighted by atomic mass is 35.5. The minimum atomic E-state index is -0.236. The van der Waals surface area contributed by atoms with Crippen LogP contribution in [-0.2, 0) is 26.4 Å². The Morgan fingerprint density at radius 2 is 2.09 bits per heavy atom. The Kier molecular flexibility index (Phi) is 4.31. The zero-order valence-electron chi connectivity index (χ0n) is 13.6. The highest BCUT2D eigenvalue weighted by Crippen LogP contribution is 2.30. The van der Waals surface area contributed by atoms with Crippen LogP contribution in [0.3, 0.4) is 0 Å². The summed E-state index contributed by atoms with van der Waals surface area (Å²) in [5, 5.41) is 7.47. The number of nitrogens with one attached hydrogen (secondary N) is 1. The van der Waals surface area contributed by atoms with Crippen molar-refractivity contribution >= 4 is 17.5 Å². The van der Waals surface area contributed by atoms with Crippen LogP contribution in [0.5, 0.6) is 5.75 Å². The lowest BCUT2D eigenvalue weighted by molar-refractivity contribution is 0.0941. The number of aromatic nitrogens is 2. The Morgan fingerprint density at radius 3 is 2.70 bits per heavy atom. The molecule has 0 bridgehead atoms. The lowest BCUT2D eigenvalue weighted by Gasteiger charge is -2.12. The number of nitrogens with zero attached hydrogens (tertiary/aromatic N) is 2. The molecule has 1 aliphatic carbocycles. The standard InChI is InChI=1S/C17H20ClN3O2/c1-10-15(18)16(21(2)20-10)17(22)19-9-13-7-11-5-4-6-12(11)8-14(13)23-3/h7-8H,4-6,9H2,1-3H3,(H,19,22). The van der Waals surface area contributed by atoms with E-state index in [1.54, 1.807) is 21.1 Å². The summed E-state index contributed by atoms with van der Waals surface area (Å²) in [7, 11) is 3.37. The second-order valence-corrected chi connectivity index (χ2v) is 6.22. The number of halogens is 1. The van der Waals surface area contributed by atoms with E-state index in [-0.39, 0.29) is 5.91 Å². The van der Waals surface area contributed by atoms with Crippen molar-refractivity contribution in [2.45, 2.75) is 32.7 Å². The average Bonchev–Trinajstić information content (AvgIpc) is 3.08. The minimum Gasteiger partial charge on any atom is -0.496 e. The van der Waals surface area contributed by atoms with Gasteiger partial charge < -0.3 is 10.1 Å². The average molecular weight is 334 g/mol. The van der Waals surface area contributed by atoms with Crippen molar-refractivity contribution in [3.05, 3.63) is 45.2 Å². The number of hydrogen-bond donors (Lipinski definition) is 1. The van der Waals surface area contributed by atoms with Gasteiger partial charge in [0.15, 0.2) is 0 Å². The number of ether oxygens (including phenoxy) is 1. The van der Waals surface area contributed by atoms with Crippen molar-refractivity contribution in [2.75, 3.05) is 7.11 Å². The summed E-state index contributed by atoms with van der Waals surface area (Å²) < 4.78 is 6.97. The molecule has 5 nitrogen and oxygen atoms in total. The summed E-state index contributed by atoms with van der Waals surface area (Å²) in [5.74, 6) is 0.582. The minimum absolute atomic E-state index is 0.236. The van der Waals surface area contributed by atoms with Crippen molar-refractivity contribution in [3.63, 3.8) is 0 Å². The van der Waals surface area contributed by atoms with Crippen LogP contribution in [0.25, 0.3) is 0 Å². The number of amides is 1. The summed E-state index contributed by atoms with van der Waals surface area (Å²) in [5.41, 5.74) is 4.71. The fraction of sp³-hybridized carbons (Fsp3) is 0.412. The predicted octanol–water partition coefficient (Wildman–Crippen LogP) is 2.81. The molecule has 3 rings (SSSR count). The second kappa shape index (κ2) is 6.24. The fourth-order valence-corrected chi connectivity index (χ4v) is 3.36. The van der Waals surface area contributed by atoms with Crippen LogP contribution < -0.4 is 10.1 Å². The number of benzene rings is 1. The van der Waals surface area contributed by atoms with Crippen LogP contribution in [0.2, 0.25) is 5.02 Å². The third kappa shape index (κ3) is 2.93. The first-order valence-corrected chi connectivity index (χ1v) is 8.05. The van der Waals surface area contributed by atoms with E-state index in [4.69, 9.17) is 16.3 Å². The van der Waals surface area contributed by atoms with Gasteiger partial charge in [-0.25, -0.2) is 0 Å². The zero-order valence-corrected chi connectivity index (χ0v) is 14.3. The van der Waals surface area contributed by atoms with Crippen molar-refractivity contribution < 1.29 is 9.53 Å². The lowest BCUT2D eigenvalue weighted by Crippen LogP contribution is -2.25. The number of fused-ring (bicyclic) bond motifs is 1. The van der Waals surface area contributed by atoms with Crippen molar-refractivity contribution in [1.29, 1.82) is 0 Å². The number of hydrogen-bond acceptors (Lipinski definition) is 3. The summed E-state index contributed by atoms with van der Waals surface area (Å²) in [4.78, 5) is 12.4. The quantitative estimate of drug-likeness (QED) is 0.936. The molecule has 0 spiro atoms. The van der Waals surface area contributed by atoms with E-state index in [2.05, 4.69) is 22.5 Å². The molecule has 0 fully saturated rings. The third-order valence-corrected chi connectivity index (χ3v) is 4.75. The van der Waals surface area contributed by atoms with Crippen molar-refractivity contribution in [1.82, 2.24) is 15.1 Å². The van der Waals surface area contributed by atoms with Gasteiger partial charge in [0.2, 0.25) is 0 Å². The number of carbonyl (C=O) groups is 1. The van der Waals surface area contributed by atoms with E-state index < -0.39 is 0 Å². The zero-order chi connectivity index (χ0) is 16.6. The van der Waals surface area contributed by atoms with Gasteiger partial charge in [-0.1, -0.05) is 17.7 Å². The fourth-order valence-electron chi connectivity index (χ4n) is 3.12. The molecule has 0 aliphatic heterocycles. The normalized spacial score (nSPS) is 13.0. The van der Waals surface area contributed by atoms with Gasteiger partial charge in [0.05, 0.1) is 17.8 Å². The summed E-state index contributed by atoms with van der Waals surface area (Å²) in [6.07, 6.45) is 3.37. The van der Waals surface area contributed by atoms with E-state index in [1.165, 1.54) is 22.2 Å². The highest BCUT2D eigenvalue weighted by molar-refractivity contribution is 6.34. The molecular formula is C17H20ClN3O2. The van der Waals surface area contributed by atoms with Crippen LogP contribution in [0.4, 0.5) is 0 Å². The Bertz CT molecular complexity index is 768. The van der Waals surface area contributed by atoms with Gasteiger partial charge >= 0.3 is 0 Å². The molecule has 1 aromatic heterocycles. The number of carbonyl (C=O) groups excluding carboxylic acids is 1. The third-order valence-electron chi connectivity index (χ3n) is 4.30. The molecule has 0 atom stereocenters. The molecule has 0 saturated carbocycles. The molecule has 1 heterocycles. The van der Waals surface area contributed by atoms with Gasteiger partial charge in [-0.2, -0.15) is 5.10 Å². The van der Waals surface area contributed by atoms with Gasteiger partial charge in [-0.15, -0.1) is 0 Å². The summed E-state index contributed by atoms with van der Waals surface area (Å²) >= 11 is 6.16. The van der Waals surface area contributed by atoms with Gasteiger partial charge in [-0.3, -0.25) is 9.48 Å². The summed E-state index contributed by atoms with van der Waals surface area (Å²) in [6, 6.07) is 4.22. The molecule has 2 aromatic rings. The van der Waals surface area contributed by atoms with Crippen molar-refractivity contribution in [3.8, 4) is 5.75 Å². The number of rotatable bonds is 4.